The Bertz CT molecular complexity index is 479. The van der Waals surface area contributed by atoms with Crippen molar-refractivity contribution in [2.75, 3.05) is 6.61 Å². The molecule has 20 heavy (non-hydrogen) atoms. The molecule has 0 radical (unpaired) electrons. The summed E-state index contributed by atoms with van der Waals surface area (Å²) in [6.07, 6.45) is 2.19. The molecule has 2 rings (SSSR count). The third-order valence-corrected chi connectivity index (χ3v) is 4.53. The zero-order valence-electron chi connectivity index (χ0n) is 13.8. The Morgan fingerprint density at radius 1 is 1.15 bits per heavy atom. The smallest absolute Gasteiger partial charge is 0.0641 e. The fraction of sp³-hybridized carbons (Fsp3) is 0.667. The maximum absolute atomic E-state index is 5.80. The molecule has 1 fully saturated rings. The van der Waals surface area contributed by atoms with Gasteiger partial charge in [0.15, 0.2) is 0 Å². The second-order valence-corrected chi connectivity index (χ2v) is 6.98. The highest BCUT2D eigenvalue weighted by Gasteiger charge is 2.29. The molecule has 0 bridgehead atoms. The topological polar surface area (TPSA) is 21.3 Å². The highest BCUT2D eigenvalue weighted by atomic mass is 16.5. The fourth-order valence-electron chi connectivity index (χ4n) is 3.27. The first kappa shape index (κ1) is 15.5. The van der Waals surface area contributed by atoms with Crippen LogP contribution in [0.3, 0.4) is 0 Å². The van der Waals surface area contributed by atoms with E-state index >= 15 is 0 Å². The molecule has 1 aliphatic rings. The molecule has 112 valence electrons. The molecule has 1 N–H and O–H groups in total. The summed E-state index contributed by atoms with van der Waals surface area (Å²) in [6, 6.07) is 5.59. The van der Waals surface area contributed by atoms with Crippen LogP contribution in [-0.2, 0) is 4.74 Å². The number of rotatable bonds is 3. The Kier molecular flexibility index (Phi) is 4.55. The number of ether oxygens (including phenoxy) is 1. The molecular weight excluding hydrogens is 246 g/mol. The van der Waals surface area contributed by atoms with Crippen LogP contribution in [0.2, 0.25) is 0 Å². The second-order valence-electron chi connectivity index (χ2n) is 6.98. The average Bonchev–Trinajstić information content (AvgIpc) is 2.32. The van der Waals surface area contributed by atoms with Crippen LogP contribution in [0.4, 0.5) is 0 Å². The van der Waals surface area contributed by atoms with E-state index < -0.39 is 0 Å². The van der Waals surface area contributed by atoms with Gasteiger partial charge in [-0.3, -0.25) is 0 Å². The zero-order valence-corrected chi connectivity index (χ0v) is 13.8. The summed E-state index contributed by atoms with van der Waals surface area (Å²) >= 11 is 0. The molecule has 0 amide bonds. The summed E-state index contributed by atoms with van der Waals surface area (Å²) < 4.78 is 5.80. The van der Waals surface area contributed by atoms with Gasteiger partial charge in [0, 0.05) is 18.7 Å². The monoisotopic (exact) mass is 275 g/mol. The summed E-state index contributed by atoms with van der Waals surface area (Å²) in [5, 5.41) is 3.80. The first-order chi connectivity index (χ1) is 9.28. The van der Waals surface area contributed by atoms with E-state index in [1.165, 1.54) is 22.3 Å². The van der Waals surface area contributed by atoms with Gasteiger partial charge in [-0.25, -0.2) is 0 Å². The number of hydrogen-bond acceptors (Lipinski definition) is 2. The van der Waals surface area contributed by atoms with Crippen molar-refractivity contribution in [3.8, 4) is 0 Å². The number of hydrogen-bond donors (Lipinski definition) is 1. The van der Waals surface area contributed by atoms with Crippen molar-refractivity contribution in [3.63, 3.8) is 0 Å². The fourth-order valence-corrected chi connectivity index (χ4v) is 3.27. The lowest BCUT2D eigenvalue weighted by atomic mass is 9.91. The summed E-state index contributed by atoms with van der Waals surface area (Å²) in [5.74, 6) is 0. The van der Waals surface area contributed by atoms with Crippen LogP contribution in [0.5, 0.6) is 0 Å². The van der Waals surface area contributed by atoms with Crippen molar-refractivity contribution in [2.24, 2.45) is 0 Å². The summed E-state index contributed by atoms with van der Waals surface area (Å²) in [5.41, 5.74) is 5.59. The van der Waals surface area contributed by atoms with Crippen LogP contribution in [0.25, 0.3) is 0 Å². The molecule has 1 heterocycles. The van der Waals surface area contributed by atoms with Gasteiger partial charge < -0.3 is 10.1 Å². The van der Waals surface area contributed by atoms with Crippen molar-refractivity contribution in [2.45, 2.75) is 72.1 Å². The first-order valence-corrected chi connectivity index (χ1v) is 7.76. The predicted molar refractivity (Wildman–Crippen MR) is 85.3 cm³/mol. The van der Waals surface area contributed by atoms with E-state index in [1.807, 2.05) is 0 Å². The van der Waals surface area contributed by atoms with Gasteiger partial charge in [-0.15, -0.1) is 0 Å². The van der Waals surface area contributed by atoms with Gasteiger partial charge in [0.05, 0.1) is 5.60 Å². The van der Waals surface area contributed by atoms with Crippen LogP contribution in [0.1, 0.15) is 61.9 Å². The van der Waals surface area contributed by atoms with Gasteiger partial charge in [-0.05, 0) is 76.6 Å². The molecule has 1 aromatic rings. The van der Waals surface area contributed by atoms with Crippen LogP contribution in [-0.4, -0.2) is 18.2 Å². The number of nitrogens with one attached hydrogen (secondary N) is 1. The maximum atomic E-state index is 5.80. The molecule has 2 atom stereocenters. The molecular formula is C18H29NO. The van der Waals surface area contributed by atoms with E-state index in [2.05, 4.69) is 59.0 Å². The second kappa shape index (κ2) is 5.87. The van der Waals surface area contributed by atoms with E-state index in [4.69, 9.17) is 4.74 Å². The maximum Gasteiger partial charge on any atom is 0.0641 e. The first-order valence-electron chi connectivity index (χ1n) is 7.76. The lowest BCUT2D eigenvalue weighted by molar-refractivity contribution is -0.0640. The lowest BCUT2D eigenvalue weighted by Crippen LogP contribution is -2.44. The molecule has 0 aliphatic carbocycles. The van der Waals surface area contributed by atoms with Crippen molar-refractivity contribution in [1.82, 2.24) is 5.32 Å². The third kappa shape index (κ3) is 3.62. The molecule has 0 spiro atoms. The average molecular weight is 275 g/mol. The van der Waals surface area contributed by atoms with Crippen molar-refractivity contribution in [3.05, 3.63) is 34.4 Å². The highest BCUT2D eigenvalue weighted by Crippen LogP contribution is 2.27. The Morgan fingerprint density at radius 2 is 1.80 bits per heavy atom. The van der Waals surface area contributed by atoms with Gasteiger partial charge in [0.25, 0.3) is 0 Å². The van der Waals surface area contributed by atoms with E-state index in [9.17, 15) is 0 Å². The van der Waals surface area contributed by atoms with Crippen molar-refractivity contribution < 1.29 is 4.74 Å². The molecule has 1 aliphatic heterocycles. The Balaban J connectivity index is 2.08. The van der Waals surface area contributed by atoms with Gasteiger partial charge in [0.2, 0.25) is 0 Å². The number of benzene rings is 1. The van der Waals surface area contributed by atoms with Crippen LogP contribution >= 0.6 is 0 Å². The van der Waals surface area contributed by atoms with E-state index in [0.29, 0.717) is 12.1 Å². The zero-order chi connectivity index (χ0) is 14.9. The lowest BCUT2D eigenvalue weighted by Gasteiger charge is -2.37. The normalized spacial score (nSPS) is 23.6. The van der Waals surface area contributed by atoms with Crippen LogP contribution in [0, 0.1) is 20.8 Å². The standard InChI is InChI=1S/C18H29NO/c1-12-9-14(3)17(10-13(12)2)15(4)19-16-7-8-20-18(5,6)11-16/h9-10,15-16,19H,7-8,11H2,1-6H3. The van der Waals surface area contributed by atoms with E-state index in [1.54, 1.807) is 0 Å². The van der Waals surface area contributed by atoms with E-state index in [0.717, 1.165) is 19.4 Å². The summed E-state index contributed by atoms with van der Waals surface area (Å²) in [7, 11) is 0. The van der Waals surface area contributed by atoms with Crippen LogP contribution in [0.15, 0.2) is 12.1 Å². The minimum atomic E-state index is 0.00781. The van der Waals surface area contributed by atoms with E-state index in [-0.39, 0.29) is 5.60 Å². The van der Waals surface area contributed by atoms with Crippen LogP contribution < -0.4 is 5.32 Å². The predicted octanol–water partition coefficient (Wildman–Crippen LogP) is 4.22. The molecule has 0 aromatic heterocycles. The molecule has 2 heteroatoms. The van der Waals surface area contributed by atoms with Crippen molar-refractivity contribution in [1.29, 1.82) is 0 Å². The largest absolute Gasteiger partial charge is 0.375 e. The molecule has 2 unspecified atom stereocenters. The SMILES string of the molecule is Cc1cc(C)c(C(C)NC2CCOC(C)(C)C2)cc1C. The minimum Gasteiger partial charge on any atom is -0.375 e. The molecule has 0 saturated carbocycles. The summed E-state index contributed by atoms with van der Waals surface area (Å²) in [4.78, 5) is 0. The Labute approximate surface area is 123 Å². The molecule has 1 aromatic carbocycles. The number of aryl methyl sites for hydroxylation is 3. The van der Waals surface area contributed by atoms with Gasteiger partial charge in [0.1, 0.15) is 0 Å². The molecule has 2 nitrogen and oxygen atoms in total. The van der Waals surface area contributed by atoms with Gasteiger partial charge >= 0.3 is 0 Å². The van der Waals surface area contributed by atoms with Gasteiger partial charge in [-0.2, -0.15) is 0 Å². The summed E-state index contributed by atoms with van der Waals surface area (Å²) in [6.45, 7) is 14.1. The molecule has 1 saturated heterocycles. The third-order valence-electron chi connectivity index (χ3n) is 4.53. The minimum absolute atomic E-state index is 0.00781. The Hall–Kier alpha value is -0.860. The van der Waals surface area contributed by atoms with Gasteiger partial charge in [-0.1, -0.05) is 12.1 Å². The highest BCUT2D eigenvalue weighted by molar-refractivity contribution is 5.38. The van der Waals surface area contributed by atoms with Crippen molar-refractivity contribution >= 4 is 0 Å². The Morgan fingerprint density at radius 3 is 2.45 bits per heavy atom. The quantitative estimate of drug-likeness (QED) is 0.891.